The number of halogens is 1. The number of hydrogen-bond acceptors (Lipinski definition) is 7. The van der Waals surface area contributed by atoms with E-state index in [2.05, 4.69) is 30.2 Å². The summed E-state index contributed by atoms with van der Waals surface area (Å²) in [5.74, 6) is -0.102. The van der Waals surface area contributed by atoms with Gasteiger partial charge in [-0.1, -0.05) is 0 Å². The van der Waals surface area contributed by atoms with Crippen LogP contribution in [0.2, 0.25) is 0 Å². The van der Waals surface area contributed by atoms with Crippen LogP contribution < -0.4 is 10.1 Å². The van der Waals surface area contributed by atoms with Crippen LogP contribution in [-0.2, 0) is 6.42 Å². The standard InChI is InChI=1S/C22H19FN6O2/c1-31-15-7-12(8-24-9-15)6-14-4-5-16(20(23)28-14)19(30)17-10-25-21-18(17)22(27-11-26-21)29-13-2-3-13/h4-5,7-11,13H,2-3,6H2,1H3,(H2,25,26,27,29). The number of pyridine rings is 2. The number of aromatic nitrogens is 5. The summed E-state index contributed by atoms with van der Waals surface area (Å²) >= 11 is 0. The molecule has 0 bridgehead atoms. The van der Waals surface area contributed by atoms with Gasteiger partial charge in [0.1, 0.15) is 23.5 Å². The Morgan fingerprint density at radius 1 is 1.26 bits per heavy atom. The van der Waals surface area contributed by atoms with Crippen molar-refractivity contribution in [2.75, 3.05) is 12.4 Å². The molecule has 1 aliphatic rings. The fraction of sp³-hybridized carbons (Fsp3) is 0.227. The molecule has 0 amide bonds. The summed E-state index contributed by atoms with van der Waals surface area (Å²) in [6.07, 6.45) is 8.71. The van der Waals surface area contributed by atoms with Crippen LogP contribution in [0.15, 0.2) is 43.1 Å². The van der Waals surface area contributed by atoms with Crippen LogP contribution >= 0.6 is 0 Å². The number of rotatable bonds is 7. The van der Waals surface area contributed by atoms with Gasteiger partial charge < -0.3 is 15.0 Å². The summed E-state index contributed by atoms with van der Waals surface area (Å²) in [7, 11) is 1.56. The van der Waals surface area contributed by atoms with Gasteiger partial charge in [0.25, 0.3) is 0 Å². The van der Waals surface area contributed by atoms with Crippen LogP contribution in [0, 0.1) is 5.95 Å². The number of ketones is 1. The van der Waals surface area contributed by atoms with Crippen LogP contribution in [-0.4, -0.2) is 43.9 Å². The fourth-order valence-electron chi connectivity index (χ4n) is 3.44. The first-order valence-corrected chi connectivity index (χ1v) is 9.89. The third-order valence-corrected chi connectivity index (χ3v) is 5.17. The average Bonchev–Trinajstić information content (AvgIpc) is 3.48. The summed E-state index contributed by atoms with van der Waals surface area (Å²) in [6, 6.07) is 5.26. The molecule has 2 N–H and O–H groups in total. The lowest BCUT2D eigenvalue weighted by atomic mass is 10.0. The number of ether oxygens (including phenoxy) is 1. The molecule has 0 radical (unpaired) electrons. The number of nitrogens with zero attached hydrogens (tertiary/aromatic N) is 4. The summed E-state index contributed by atoms with van der Waals surface area (Å²) in [4.78, 5) is 32.7. The zero-order valence-electron chi connectivity index (χ0n) is 16.7. The summed E-state index contributed by atoms with van der Waals surface area (Å²) < 4.78 is 20.0. The van der Waals surface area contributed by atoms with Crippen LogP contribution in [0.4, 0.5) is 10.2 Å². The summed E-state index contributed by atoms with van der Waals surface area (Å²) in [5, 5.41) is 3.86. The molecule has 8 nitrogen and oxygen atoms in total. The molecule has 4 aromatic heterocycles. The Kier molecular flexibility index (Phi) is 4.78. The molecule has 0 aliphatic heterocycles. The molecule has 4 aromatic rings. The highest BCUT2D eigenvalue weighted by atomic mass is 19.1. The van der Waals surface area contributed by atoms with Gasteiger partial charge in [-0.3, -0.25) is 9.78 Å². The molecule has 1 saturated carbocycles. The number of carbonyl (C=O) groups is 1. The minimum absolute atomic E-state index is 0.102. The van der Waals surface area contributed by atoms with Crippen molar-refractivity contribution in [2.45, 2.75) is 25.3 Å². The molecular weight excluding hydrogens is 399 g/mol. The zero-order chi connectivity index (χ0) is 21.4. The van der Waals surface area contributed by atoms with Gasteiger partial charge in [0.05, 0.1) is 29.8 Å². The van der Waals surface area contributed by atoms with E-state index in [0.29, 0.717) is 46.3 Å². The van der Waals surface area contributed by atoms with Crippen molar-refractivity contribution in [3.05, 3.63) is 71.4 Å². The van der Waals surface area contributed by atoms with E-state index >= 15 is 0 Å². The second-order valence-electron chi connectivity index (χ2n) is 7.45. The van der Waals surface area contributed by atoms with E-state index in [9.17, 15) is 9.18 Å². The number of fused-ring (bicyclic) bond motifs is 1. The molecule has 1 aliphatic carbocycles. The molecule has 1 fully saturated rings. The number of nitrogens with one attached hydrogen (secondary N) is 2. The Hall–Kier alpha value is -3.88. The van der Waals surface area contributed by atoms with E-state index in [1.54, 1.807) is 25.6 Å². The van der Waals surface area contributed by atoms with Gasteiger partial charge in [-0.25, -0.2) is 15.0 Å². The number of aromatic amines is 1. The van der Waals surface area contributed by atoms with E-state index in [1.165, 1.54) is 18.6 Å². The van der Waals surface area contributed by atoms with Crippen molar-refractivity contribution in [3.8, 4) is 5.75 Å². The van der Waals surface area contributed by atoms with E-state index in [4.69, 9.17) is 4.74 Å². The van der Waals surface area contributed by atoms with Crippen LogP contribution in [0.1, 0.15) is 40.0 Å². The molecule has 4 heterocycles. The topological polar surface area (TPSA) is 106 Å². The fourth-order valence-corrected chi connectivity index (χ4v) is 3.44. The van der Waals surface area contributed by atoms with Crippen LogP contribution in [0.25, 0.3) is 11.0 Å². The molecule has 0 atom stereocenters. The molecule has 0 saturated heterocycles. The zero-order valence-corrected chi connectivity index (χ0v) is 16.7. The van der Waals surface area contributed by atoms with Crippen molar-refractivity contribution in [1.82, 2.24) is 24.9 Å². The van der Waals surface area contributed by atoms with Gasteiger partial charge in [0.15, 0.2) is 5.78 Å². The van der Waals surface area contributed by atoms with Gasteiger partial charge in [-0.15, -0.1) is 0 Å². The van der Waals surface area contributed by atoms with E-state index < -0.39 is 11.7 Å². The SMILES string of the molecule is COc1cncc(Cc2ccc(C(=O)c3c[nH]c4ncnc(NC5CC5)c34)c(F)n2)c1. The second-order valence-corrected chi connectivity index (χ2v) is 7.45. The largest absolute Gasteiger partial charge is 0.495 e. The van der Waals surface area contributed by atoms with Crippen LogP contribution in [0.3, 0.4) is 0 Å². The van der Waals surface area contributed by atoms with E-state index in [0.717, 1.165) is 18.4 Å². The van der Waals surface area contributed by atoms with Crippen molar-refractivity contribution >= 4 is 22.6 Å². The maximum absolute atomic E-state index is 14.8. The second kappa shape index (κ2) is 7.75. The predicted molar refractivity (Wildman–Crippen MR) is 112 cm³/mol. The number of H-pyrrole nitrogens is 1. The molecule has 0 spiro atoms. The summed E-state index contributed by atoms with van der Waals surface area (Å²) in [5.41, 5.74) is 2.05. The Bertz CT molecular complexity index is 1280. The monoisotopic (exact) mass is 418 g/mol. The Labute approximate surface area is 176 Å². The predicted octanol–water partition coefficient (Wildman–Crippen LogP) is 3.29. The minimum atomic E-state index is -0.818. The number of carbonyl (C=O) groups excluding carboxylic acids is 1. The average molecular weight is 418 g/mol. The third kappa shape index (κ3) is 3.81. The maximum Gasteiger partial charge on any atom is 0.224 e. The lowest BCUT2D eigenvalue weighted by Crippen LogP contribution is -2.09. The Morgan fingerprint density at radius 3 is 2.90 bits per heavy atom. The quantitative estimate of drug-likeness (QED) is 0.350. The lowest BCUT2D eigenvalue weighted by Gasteiger charge is -2.08. The van der Waals surface area contributed by atoms with Gasteiger partial charge >= 0.3 is 0 Å². The number of anilines is 1. The van der Waals surface area contributed by atoms with Gasteiger partial charge in [-0.2, -0.15) is 4.39 Å². The Balaban J connectivity index is 1.44. The number of methoxy groups -OCH3 is 1. The van der Waals surface area contributed by atoms with E-state index in [-0.39, 0.29) is 5.56 Å². The van der Waals surface area contributed by atoms with Crippen molar-refractivity contribution < 1.29 is 13.9 Å². The molecule has 5 rings (SSSR count). The maximum atomic E-state index is 14.8. The van der Waals surface area contributed by atoms with Gasteiger partial charge in [-0.05, 0) is 36.6 Å². The minimum Gasteiger partial charge on any atom is -0.495 e. The smallest absolute Gasteiger partial charge is 0.224 e. The molecule has 156 valence electrons. The molecule has 9 heteroatoms. The number of hydrogen-bond donors (Lipinski definition) is 2. The Morgan fingerprint density at radius 2 is 2.13 bits per heavy atom. The molecule has 31 heavy (non-hydrogen) atoms. The highest BCUT2D eigenvalue weighted by Crippen LogP contribution is 2.30. The lowest BCUT2D eigenvalue weighted by molar-refractivity contribution is 0.103. The van der Waals surface area contributed by atoms with Crippen molar-refractivity contribution in [3.63, 3.8) is 0 Å². The summed E-state index contributed by atoms with van der Waals surface area (Å²) in [6.45, 7) is 0. The first-order chi connectivity index (χ1) is 15.1. The van der Waals surface area contributed by atoms with Crippen molar-refractivity contribution in [1.29, 1.82) is 0 Å². The van der Waals surface area contributed by atoms with Gasteiger partial charge in [0.2, 0.25) is 5.95 Å². The van der Waals surface area contributed by atoms with Crippen LogP contribution in [0.5, 0.6) is 5.75 Å². The molecular formula is C22H19FN6O2. The van der Waals surface area contributed by atoms with E-state index in [1.807, 2.05) is 6.07 Å². The van der Waals surface area contributed by atoms with Gasteiger partial charge in [0, 0.05) is 30.6 Å². The first kappa shape index (κ1) is 19.1. The molecule has 0 unspecified atom stereocenters. The molecule has 0 aromatic carbocycles. The normalized spacial score (nSPS) is 13.4. The third-order valence-electron chi connectivity index (χ3n) is 5.17. The highest BCUT2D eigenvalue weighted by molar-refractivity contribution is 6.18. The van der Waals surface area contributed by atoms with Crippen molar-refractivity contribution in [2.24, 2.45) is 0 Å². The first-order valence-electron chi connectivity index (χ1n) is 9.89. The highest BCUT2D eigenvalue weighted by Gasteiger charge is 2.26.